The molecule has 0 fully saturated rings. The number of nitrogens with zero attached hydrogens (tertiary/aromatic N) is 3. The van der Waals surface area contributed by atoms with Gasteiger partial charge in [0.1, 0.15) is 5.69 Å². The van der Waals surface area contributed by atoms with Crippen LogP contribution in [-0.4, -0.2) is 20.7 Å². The maximum absolute atomic E-state index is 12.9. The molecular formula is C22H17ClN4O. The molecule has 0 aliphatic rings. The summed E-state index contributed by atoms with van der Waals surface area (Å²) in [5.41, 5.74) is 3.79. The molecule has 0 aliphatic heterocycles. The quantitative estimate of drug-likeness (QED) is 0.547. The first-order valence-electron chi connectivity index (χ1n) is 8.79. The zero-order chi connectivity index (χ0) is 19.3. The standard InChI is InChI=1S/C22H17ClN4O/c23-18-7-4-8-19(13-18)27-21(14-20(26-27)17-5-2-1-3-6-17)22(28)25-15-16-9-11-24-12-10-16/h1-14H,15H2,(H,25,28). The predicted molar refractivity (Wildman–Crippen MR) is 109 cm³/mol. The van der Waals surface area contributed by atoms with Crippen LogP contribution in [0.15, 0.2) is 85.2 Å². The highest BCUT2D eigenvalue weighted by molar-refractivity contribution is 6.30. The van der Waals surface area contributed by atoms with Crippen LogP contribution in [-0.2, 0) is 6.54 Å². The van der Waals surface area contributed by atoms with E-state index in [1.54, 1.807) is 35.3 Å². The molecule has 1 N–H and O–H groups in total. The van der Waals surface area contributed by atoms with Gasteiger partial charge in [-0.05, 0) is 42.0 Å². The number of carbonyl (C=O) groups is 1. The first-order valence-corrected chi connectivity index (χ1v) is 9.17. The summed E-state index contributed by atoms with van der Waals surface area (Å²) in [4.78, 5) is 16.9. The van der Waals surface area contributed by atoms with E-state index in [0.717, 1.165) is 22.5 Å². The minimum Gasteiger partial charge on any atom is -0.347 e. The van der Waals surface area contributed by atoms with Crippen LogP contribution < -0.4 is 5.32 Å². The fraction of sp³-hybridized carbons (Fsp3) is 0.0455. The highest BCUT2D eigenvalue weighted by Crippen LogP contribution is 2.23. The summed E-state index contributed by atoms with van der Waals surface area (Å²) in [5.74, 6) is -0.216. The highest BCUT2D eigenvalue weighted by atomic mass is 35.5. The van der Waals surface area contributed by atoms with Crippen molar-refractivity contribution in [3.05, 3.63) is 101 Å². The van der Waals surface area contributed by atoms with Gasteiger partial charge in [-0.2, -0.15) is 5.10 Å². The monoisotopic (exact) mass is 388 g/mol. The first kappa shape index (κ1) is 17.9. The molecular weight excluding hydrogens is 372 g/mol. The van der Waals surface area contributed by atoms with Crippen molar-refractivity contribution in [1.82, 2.24) is 20.1 Å². The fourth-order valence-electron chi connectivity index (χ4n) is 2.87. The molecule has 0 saturated heterocycles. The van der Waals surface area contributed by atoms with Crippen LogP contribution in [0.5, 0.6) is 0 Å². The zero-order valence-electron chi connectivity index (χ0n) is 14.9. The largest absolute Gasteiger partial charge is 0.347 e. The Morgan fingerprint density at radius 3 is 2.50 bits per heavy atom. The van der Waals surface area contributed by atoms with Gasteiger partial charge in [0.25, 0.3) is 5.91 Å². The number of amides is 1. The van der Waals surface area contributed by atoms with Crippen LogP contribution in [0.2, 0.25) is 5.02 Å². The van der Waals surface area contributed by atoms with Crippen molar-refractivity contribution in [3.63, 3.8) is 0 Å². The summed E-state index contributed by atoms with van der Waals surface area (Å²) >= 11 is 6.14. The van der Waals surface area contributed by atoms with E-state index in [1.165, 1.54) is 0 Å². The lowest BCUT2D eigenvalue weighted by Gasteiger charge is -2.08. The third-order valence-corrected chi connectivity index (χ3v) is 4.50. The predicted octanol–water partition coefficient (Wildman–Crippen LogP) is 4.52. The van der Waals surface area contributed by atoms with E-state index in [2.05, 4.69) is 15.4 Å². The lowest BCUT2D eigenvalue weighted by molar-refractivity contribution is 0.0943. The number of aromatic nitrogens is 3. The molecule has 0 saturated carbocycles. The number of pyridine rings is 1. The third-order valence-electron chi connectivity index (χ3n) is 4.27. The van der Waals surface area contributed by atoms with Crippen molar-refractivity contribution in [1.29, 1.82) is 0 Å². The van der Waals surface area contributed by atoms with Gasteiger partial charge in [0.05, 0.1) is 11.4 Å². The van der Waals surface area contributed by atoms with E-state index >= 15 is 0 Å². The number of rotatable bonds is 5. The van der Waals surface area contributed by atoms with Gasteiger partial charge in [-0.15, -0.1) is 0 Å². The maximum Gasteiger partial charge on any atom is 0.270 e. The smallest absolute Gasteiger partial charge is 0.270 e. The average Bonchev–Trinajstić information content (AvgIpc) is 3.19. The van der Waals surface area contributed by atoms with E-state index < -0.39 is 0 Å². The second-order valence-electron chi connectivity index (χ2n) is 6.21. The summed E-state index contributed by atoms with van der Waals surface area (Å²) < 4.78 is 1.62. The SMILES string of the molecule is O=C(NCc1ccncc1)c1cc(-c2ccccc2)nn1-c1cccc(Cl)c1. The molecule has 2 aromatic heterocycles. The van der Waals surface area contributed by atoms with Crippen molar-refractivity contribution in [2.75, 3.05) is 0 Å². The minimum absolute atomic E-state index is 0.216. The summed E-state index contributed by atoms with van der Waals surface area (Å²) in [7, 11) is 0. The molecule has 0 aliphatic carbocycles. The molecule has 0 radical (unpaired) electrons. The van der Waals surface area contributed by atoms with Gasteiger partial charge in [-0.25, -0.2) is 4.68 Å². The van der Waals surface area contributed by atoms with Crippen LogP contribution >= 0.6 is 11.6 Å². The Morgan fingerprint density at radius 2 is 1.75 bits per heavy atom. The number of carbonyl (C=O) groups excluding carboxylic acids is 1. The van der Waals surface area contributed by atoms with E-state index in [0.29, 0.717) is 17.3 Å². The van der Waals surface area contributed by atoms with E-state index in [4.69, 9.17) is 11.6 Å². The van der Waals surface area contributed by atoms with Gasteiger partial charge in [-0.3, -0.25) is 9.78 Å². The molecule has 5 nitrogen and oxygen atoms in total. The van der Waals surface area contributed by atoms with E-state index in [1.807, 2.05) is 54.6 Å². The molecule has 2 aromatic carbocycles. The Morgan fingerprint density at radius 1 is 0.964 bits per heavy atom. The number of hydrogen-bond acceptors (Lipinski definition) is 3. The summed E-state index contributed by atoms with van der Waals surface area (Å²) in [6.45, 7) is 0.406. The van der Waals surface area contributed by atoms with Gasteiger partial charge < -0.3 is 5.32 Å². The molecule has 6 heteroatoms. The molecule has 138 valence electrons. The van der Waals surface area contributed by atoms with Gasteiger partial charge in [0.15, 0.2) is 0 Å². The van der Waals surface area contributed by atoms with E-state index in [-0.39, 0.29) is 5.91 Å². The van der Waals surface area contributed by atoms with E-state index in [9.17, 15) is 4.79 Å². The maximum atomic E-state index is 12.9. The van der Waals surface area contributed by atoms with Crippen molar-refractivity contribution in [3.8, 4) is 16.9 Å². The summed E-state index contributed by atoms with van der Waals surface area (Å²) in [5, 5.41) is 8.18. The normalized spacial score (nSPS) is 10.6. The number of halogens is 1. The molecule has 0 atom stereocenters. The summed E-state index contributed by atoms with van der Waals surface area (Å²) in [6.07, 6.45) is 3.40. The number of hydrogen-bond donors (Lipinski definition) is 1. The Kier molecular flexibility index (Phi) is 5.17. The lowest BCUT2D eigenvalue weighted by Crippen LogP contribution is -2.25. The summed E-state index contributed by atoms with van der Waals surface area (Å²) in [6, 6.07) is 22.5. The first-order chi connectivity index (χ1) is 13.7. The van der Waals surface area contributed by atoms with Crippen LogP contribution in [0.4, 0.5) is 0 Å². The van der Waals surface area contributed by atoms with Crippen LogP contribution in [0.3, 0.4) is 0 Å². The number of nitrogens with one attached hydrogen (secondary N) is 1. The molecule has 1 amide bonds. The molecule has 28 heavy (non-hydrogen) atoms. The molecule has 0 spiro atoms. The Balaban J connectivity index is 1.70. The lowest BCUT2D eigenvalue weighted by atomic mass is 10.1. The fourth-order valence-corrected chi connectivity index (χ4v) is 3.06. The third kappa shape index (κ3) is 3.94. The van der Waals surface area contributed by atoms with Gasteiger partial charge in [-0.1, -0.05) is 48.0 Å². The molecule has 4 aromatic rings. The van der Waals surface area contributed by atoms with Crippen molar-refractivity contribution in [2.45, 2.75) is 6.54 Å². The molecule has 4 rings (SSSR count). The Bertz CT molecular complexity index is 1090. The zero-order valence-corrected chi connectivity index (χ0v) is 15.7. The second kappa shape index (κ2) is 8.06. The van der Waals surface area contributed by atoms with Gasteiger partial charge in [0.2, 0.25) is 0 Å². The average molecular weight is 389 g/mol. The van der Waals surface area contributed by atoms with Gasteiger partial charge in [0, 0.05) is 29.5 Å². The molecule has 0 bridgehead atoms. The van der Waals surface area contributed by atoms with Crippen molar-refractivity contribution >= 4 is 17.5 Å². The number of benzene rings is 2. The van der Waals surface area contributed by atoms with Crippen molar-refractivity contribution in [2.24, 2.45) is 0 Å². The van der Waals surface area contributed by atoms with Crippen LogP contribution in [0.1, 0.15) is 16.1 Å². The van der Waals surface area contributed by atoms with Crippen molar-refractivity contribution < 1.29 is 4.79 Å². The topological polar surface area (TPSA) is 59.8 Å². The molecule has 0 unspecified atom stereocenters. The molecule has 2 heterocycles. The van der Waals surface area contributed by atoms with Crippen LogP contribution in [0, 0.1) is 0 Å². The van der Waals surface area contributed by atoms with Gasteiger partial charge >= 0.3 is 0 Å². The Labute approximate surface area is 167 Å². The van der Waals surface area contributed by atoms with Crippen LogP contribution in [0.25, 0.3) is 16.9 Å². The Hall–Kier alpha value is -3.44. The minimum atomic E-state index is -0.216. The highest BCUT2D eigenvalue weighted by Gasteiger charge is 2.17. The second-order valence-corrected chi connectivity index (χ2v) is 6.65.